The lowest BCUT2D eigenvalue weighted by Gasteiger charge is -1.96. The quantitative estimate of drug-likeness (QED) is 0.402. The molecule has 0 N–H and O–H groups in total. The number of hydrogen-bond donors (Lipinski definition) is 0. The predicted octanol–water partition coefficient (Wildman–Crippen LogP) is 2.25. The Bertz CT molecular complexity index is 348. The minimum Gasteiger partial charge on any atom is -0.294 e. The van der Waals surface area contributed by atoms with Gasteiger partial charge < -0.3 is 0 Å². The van der Waals surface area contributed by atoms with Crippen LogP contribution >= 0.6 is 0 Å². The number of isocyanates is 1. The fraction of sp³-hybridized carbons (Fsp3) is 0.200. The summed E-state index contributed by atoms with van der Waals surface area (Å²) in [6.07, 6.45) is 1.92. The van der Waals surface area contributed by atoms with Crippen molar-refractivity contribution in [3.05, 3.63) is 29.8 Å². The first-order valence-corrected chi connectivity index (χ1v) is 3.99. The summed E-state index contributed by atoms with van der Waals surface area (Å²) < 4.78 is 0. The molecule has 3 heteroatoms. The van der Waals surface area contributed by atoms with E-state index >= 15 is 0 Å². The molecular weight excluding hydrogens is 166 g/mol. The van der Waals surface area contributed by atoms with Crippen LogP contribution in [0.5, 0.6) is 0 Å². The summed E-state index contributed by atoms with van der Waals surface area (Å²) in [5, 5.41) is 0. The molecular formula is C10H9NO2. The molecule has 1 aromatic carbocycles. The van der Waals surface area contributed by atoms with Gasteiger partial charge in [0, 0.05) is 12.0 Å². The van der Waals surface area contributed by atoms with Crippen molar-refractivity contribution in [3.8, 4) is 0 Å². The summed E-state index contributed by atoms with van der Waals surface area (Å²) in [7, 11) is 0. The van der Waals surface area contributed by atoms with Gasteiger partial charge in [-0.15, -0.1) is 0 Å². The highest BCUT2D eigenvalue weighted by molar-refractivity contribution is 5.96. The molecule has 0 aromatic heterocycles. The molecule has 0 atom stereocenters. The van der Waals surface area contributed by atoms with Gasteiger partial charge in [0.25, 0.3) is 0 Å². The average molecular weight is 175 g/mol. The van der Waals surface area contributed by atoms with Crippen molar-refractivity contribution in [3.63, 3.8) is 0 Å². The second-order valence-electron chi connectivity index (χ2n) is 2.53. The van der Waals surface area contributed by atoms with Crippen LogP contribution in [-0.2, 0) is 4.79 Å². The minimum atomic E-state index is 0.0848. The van der Waals surface area contributed by atoms with Gasteiger partial charge in [0.2, 0.25) is 6.08 Å². The maximum atomic E-state index is 11.2. The molecule has 1 rings (SSSR count). The Hall–Kier alpha value is -1.73. The summed E-state index contributed by atoms with van der Waals surface area (Å²) in [6, 6.07) is 6.55. The average Bonchev–Trinajstić information content (AvgIpc) is 2.18. The van der Waals surface area contributed by atoms with E-state index in [4.69, 9.17) is 0 Å². The Morgan fingerprint density at radius 3 is 2.46 bits per heavy atom. The van der Waals surface area contributed by atoms with E-state index in [9.17, 15) is 9.59 Å². The lowest BCUT2D eigenvalue weighted by atomic mass is 10.1. The Morgan fingerprint density at radius 1 is 1.38 bits per heavy atom. The Morgan fingerprint density at radius 2 is 2.00 bits per heavy atom. The second-order valence-corrected chi connectivity index (χ2v) is 2.53. The van der Waals surface area contributed by atoms with Crippen LogP contribution in [0.3, 0.4) is 0 Å². The third-order valence-electron chi connectivity index (χ3n) is 1.69. The number of aliphatic imine (C=N–C) groups is 1. The Kier molecular flexibility index (Phi) is 3.12. The molecule has 0 spiro atoms. The van der Waals surface area contributed by atoms with Crippen molar-refractivity contribution in [2.45, 2.75) is 13.3 Å². The van der Waals surface area contributed by atoms with Crippen LogP contribution in [-0.4, -0.2) is 11.9 Å². The zero-order chi connectivity index (χ0) is 9.68. The zero-order valence-corrected chi connectivity index (χ0v) is 7.28. The zero-order valence-electron chi connectivity index (χ0n) is 7.28. The number of Topliss-reactive ketones (excluding diaryl/α,β-unsaturated/α-hetero) is 1. The molecule has 0 heterocycles. The van der Waals surface area contributed by atoms with Gasteiger partial charge in [-0.2, -0.15) is 4.99 Å². The number of nitrogens with zero attached hydrogens (tertiary/aromatic N) is 1. The largest absolute Gasteiger partial charge is 0.294 e. The fourth-order valence-electron chi connectivity index (χ4n) is 0.979. The minimum absolute atomic E-state index is 0.0848. The van der Waals surface area contributed by atoms with E-state index in [2.05, 4.69) is 4.99 Å². The first kappa shape index (κ1) is 9.36. The first-order valence-electron chi connectivity index (χ1n) is 3.99. The molecule has 0 bridgehead atoms. The fourth-order valence-corrected chi connectivity index (χ4v) is 0.979. The monoisotopic (exact) mass is 175 g/mol. The molecule has 0 saturated carbocycles. The molecule has 0 fully saturated rings. The molecule has 0 amide bonds. The van der Waals surface area contributed by atoms with Crippen molar-refractivity contribution < 1.29 is 9.59 Å². The van der Waals surface area contributed by atoms with Crippen LogP contribution in [0.4, 0.5) is 5.69 Å². The maximum absolute atomic E-state index is 11.2. The van der Waals surface area contributed by atoms with E-state index in [-0.39, 0.29) is 5.78 Å². The molecule has 3 nitrogen and oxygen atoms in total. The summed E-state index contributed by atoms with van der Waals surface area (Å²) in [4.78, 5) is 24.5. The third-order valence-corrected chi connectivity index (χ3v) is 1.69. The van der Waals surface area contributed by atoms with Gasteiger partial charge in [-0.25, -0.2) is 4.79 Å². The Balaban J connectivity index is 2.93. The van der Waals surface area contributed by atoms with Crippen LogP contribution in [0.15, 0.2) is 29.3 Å². The molecule has 1 aromatic rings. The maximum Gasteiger partial charge on any atom is 0.240 e. The SMILES string of the molecule is CCC(=O)c1ccc(N=C=O)cc1. The van der Waals surface area contributed by atoms with Crippen molar-refractivity contribution in [2.24, 2.45) is 4.99 Å². The molecule has 0 unspecified atom stereocenters. The highest BCUT2D eigenvalue weighted by atomic mass is 16.1. The number of carbonyl (C=O) groups excluding carboxylic acids is 2. The van der Waals surface area contributed by atoms with Gasteiger partial charge in [-0.05, 0) is 24.3 Å². The van der Waals surface area contributed by atoms with E-state index in [1.54, 1.807) is 31.2 Å². The summed E-state index contributed by atoms with van der Waals surface area (Å²) >= 11 is 0. The normalized spacial score (nSPS) is 9.00. The van der Waals surface area contributed by atoms with Crippen LogP contribution in [0, 0.1) is 0 Å². The second kappa shape index (κ2) is 4.33. The van der Waals surface area contributed by atoms with Crippen molar-refractivity contribution >= 4 is 17.6 Å². The van der Waals surface area contributed by atoms with Crippen LogP contribution in [0.2, 0.25) is 0 Å². The molecule has 66 valence electrons. The van der Waals surface area contributed by atoms with Crippen molar-refractivity contribution in [1.29, 1.82) is 0 Å². The highest BCUT2D eigenvalue weighted by Gasteiger charge is 2.01. The molecule has 0 aliphatic rings. The highest BCUT2D eigenvalue weighted by Crippen LogP contribution is 2.12. The van der Waals surface area contributed by atoms with Gasteiger partial charge in [-0.1, -0.05) is 6.92 Å². The van der Waals surface area contributed by atoms with Gasteiger partial charge >= 0.3 is 0 Å². The third kappa shape index (κ3) is 2.36. The summed E-state index contributed by atoms with van der Waals surface area (Å²) in [5.41, 5.74) is 1.16. The van der Waals surface area contributed by atoms with Gasteiger partial charge in [-0.3, -0.25) is 4.79 Å². The number of rotatable bonds is 3. The Labute approximate surface area is 76.1 Å². The summed E-state index contributed by atoms with van der Waals surface area (Å²) in [5.74, 6) is 0.0848. The number of carbonyl (C=O) groups is 1. The smallest absolute Gasteiger partial charge is 0.240 e. The van der Waals surface area contributed by atoms with E-state index in [1.165, 1.54) is 6.08 Å². The van der Waals surface area contributed by atoms with E-state index in [0.29, 0.717) is 17.7 Å². The van der Waals surface area contributed by atoms with Gasteiger partial charge in [0.15, 0.2) is 5.78 Å². The number of benzene rings is 1. The van der Waals surface area contributed by atoms with Gasteiger partial charge in [0.1, 0.15) is 0 Å². The number of ketones is 1. The molecule has 0 radical (unpaired) electrons. The van der Waals surface area contributed by atoms with Crippen molar-refractivity contribution in [2.75, 3.05) is 0 Å². The summed E-state index contributed by atoms with van der Waals surface area (Å²) in [6.45, 7) is 1.81. The predicted molar refractivity (Wildman–Crippen MR) is 48.8 cm³/mol. The lowest BCUT2D eigenvalue weighted by molar-refractivity contribution is 0.0988. The topological polar surface area (TPSA) is 46.5 Å². The molecule has 0 aliphatic heterocycles. The van der Waals surface area contributed by atoms with Gasteiger partial charge in [0.05, 0.1) is 5.69 Å². The standard InChI is InChI=1S/C10H9NO2/c1-2-10(13)8-3-5-9(6-4-8)11-7-12/h3-6H,2H2,1H3. The molecule has 0 saturated heterocycles. The van der Waals surface area contributed by atoms with E-state index < -0.39 is 0 Å². The van der Waals surface area contributed by atoms with Crippen molar-refractivity contribution in [1.82, 2.24) is 0 Å². The molecule has 13 heavy (non-hydrogen) atoms. The first-order chi connectivity index (χ1) is 6.27. The molecule has 0 aliphatic carbocycles. The van der Waals surface area contributed by atoms with E-state index in [1.807, 2.05) is 0 Å². The van der Waals surface area contributed by atoms with Crippen LogP contribution < -0.4 is 0 Å². The number of hydrogen-bond acceptors (Lipinski definition) is 3. The van der Waals surface area contributed by atoms with Crippen LogP contribution in [0.1, 0.15) is 23.7 Å². The lowest BCUT2D eigenvalue weighted by Crippen LogP contribution is -1.94. The van der Waals surface area contributed by atoms with Crippen LogP contribution in [0.25, 0.3) is 0 Å². The van der Waals surface area contributed by atoms with E-state index in [0.717, 1.165) is 0 Å².